The molecule has 0 aliphatic heterocycles. The first kappa shape index (κ1) is 41.7. The van der Waals surface area contributed by atoms with E-state index in [9.17, 15) is 29.1 Å². The van der Waals surface area contributed by atoms with Gasteiger partial charge in [0.25, 0.3) is 0 Å². The van der Waals surface area contributed by atoms with Gasteiger partial charge in [0.2, 0.25) is 23.6 Å². The fourth-order valence-corrected chi connectivity index (χ4v) is 5.06. The molecular formula is C37H56N6O7. The monoisotopic (exact) mass is 696 g/mol. The van der Waals surface area contributed by atoms with E-state index in [1.165, 1.54) is 6.92 Å². The normalized spacial score (nSPS) is 15.1. The van der Waals surface area contributed by atoms with Crippen LogP contribution < -0.4 is 26.6 Å². The summed E-state index contributed by atoms with van der Waals surface area (Å²) in [4.78, 5) is 69.2. The molecule has 0 aliphatic rings. The maximum Gasteiger partial charge on any atom is 0.408 e. The van der Waals surface area contributed by atoms with Crippen LogP contribution in [0.4, 0.5) is 4.79 Å². The molecule has 1 aromatic carbocycles. The average molecular weight is 697 g/mol. The number of benzene rings is 1. The summed E-state index contributed by atoms with van der Waals surface area (Å²) in [6.07, 6.45) is 1.60. The average Bonchev–Trinajstić information content (AvgIpc) is 3.04. The molecule has 5 amide bonds. The number of aliphatic hydroxyl groups is 1. The molecule has 0 aliphatic carbocycles. The molecule has 0 fully saturated rings. The SMILES string of the molecule is CC(C)[C@H](NC(=O)OC(C)(C)C)C(=O)N[C@@H](C)C(=O)N[C@@H](Cc1ccccc1)[C@@H](O)C[C@@H](C)C(=O)N[C@H](C(=O)NCc1ccncc1)C(C)C. The molecule has 276 valence electrons. The van der Waals surface area contributed by atoms with Crippen molar-refractivity contribution < 1.29 is 33.8 Å². The van der Waals surface area contributed by atoms with Gasteiger partial charge in [-0.05, 0) is 75.6 Å². The van der Waals surface area contributed by atoms with Crippen molar-refractivity contribution in [1.29, 1.82) is 0 Å². The van der Waals surface area contributed by atoms with Gasteiger partial charge in [0.1, 0.15) is 23.7 Å². The van der Waals surface area contributed by atoms with Gasteiger partial charge in [-0.1, -0.05) is 65.0 Å². The van der Waals surface area contributed by atoms with Crippen molar-refractivity contribution in [1.82, 2.24) is 31.6 Å². The lowest BCUT2D eigenvalue weighted by Crippen LogP contribution is -2.57. The molecule has 0 bridgehead atoms. The van der Waals surface area contributed by atoms with Gasteiger partial charge < -0.3 is 36.4 Å². The first-order valence-corrected chi connectivity index (χ1v) is 17.2. The summed E-state index contributed by atoms with van der Waals surface area (Å²) in [6, 6.07) is 9.25. The molecule has 13 heteroatoms. The molecule has 1 heterocycles. The summed E-state index contributed by atoms with van der Waals surface area (Å²) in [7, 11) is 0. The Morgan fingerprint density at radius 1 is 0.720 bits per heavy atom. The van der Waals surface area contributed by atoms with Crippen LogP contribution in [0.15, 0.2) is 54.9 Å². The first-order chi connectivity index (χ1) is 23.4. The summed E-state index contributed by atoms with van der Waals surface area (Å²) in [5.74, 6) is -3.08. The van der Waals surface area contributed by atoms with Crippen LogP contribution in [0.5, 0.6) is 0 Å². The van der Waals surface area contributed by atoms with Gasteiger partial charge in [-0.2, -0.15) is 0 Å². The Morgan fingerprint density at radius 2 is 1.30 bits per heavy atom. The van der Waals surface area contributed by atoms with Crippen LogP contribution in [-0.2, 0) is 36.9 Å². The highest BCUT2D eigenvalue weighted by Crippen LogP contribution is 2.16. The summed E-state index contributed by atoms with van der Waals surface area (Å²) >= 11 is 0. The van der Waals surface area contributed by atoms with Gasteiger partial charge in [-0.3, -0.25) is 24.2 Å². The Hall–Kier alpha value is -4.52. The number of rotatable bonds is 17. The highest BCUT2D eigenvalue weighted by Gasteiger charge is 2.32. The molecule has 6 N–H and O–H groups in total. The number of hydrogen-bond donors (Lipinski definition) is 6. The second-order valence-electron chi connectivity index (χ2n) is 14.4. The van der Waals surface area contributed by atoms with Crippen LogP contribution in [0, 0.1) is 17.8 Å². The largest absolute Gasteiger partial charge is 0.444 e. The second kappa shape index (κ2) is 19.6. The summed E-state index contributed by atoms with van der Waals surface area (Å²) in [5, 5.41) is 25.1. The first-order valence-electron chi connectivity index (χ1n) is 17.2. The van der Waals surface area contributed by atoms with Gasteiger partial charge >= 0.3 is 6.09 Å². The molecule has 0 spiro atoms. The Morgan fingerprint density at radius 3 is 1.86 bits per heavy atom. The van der Waals surface area contributed by atoms with Crippen LogP contribution in [0.25, 0.3) is 0 Å². The topological polar surface area (TPSA) is 188 Å². The van der Waals surface area contributed by atoms with E-state index < -0.39 is 65.6 Å². The predicted octanol–water partition coefficient (Wildman–Crippen LogP) is 3.01. The smallest absolute Gasteiger partial charge is 0.408 e. The van der Waals surface area contributed by atoms with Gasteiger partial charge in [-0.25, -0.2) is 4.79 Å². The molecule has 6 atom stereocenters. The van der Waals surface area contributed by atoms with E-state index in [2.05, 4.69) is 31.6 Å². The number of aromatic nitrogens is 1. The lowest BCUT2D eigenvalue weighted by atomic mass is 9.92. The Kier molecular flexibility index (Phi) is 16.3. The molecule has 2 rings (SSSR count). The molecule has 1 aromatic heterocycles. The zero-order chi connectivity index (χ0) is 37.6. The summed E-state index contributed by atoms with van der Waals surface area (Å²) in [6.45, 7) is 15.8. The zero-order valence-corrected chi connectivity index (χ0v) is 30.8. The lowest BCUT2D eigenvalue weighted by Gasteiger charge is -2.29. The third kappa shape index (κ3) is 14.5. The number of nitrogens with zero attached hydrogens (tertiary/aromatic N) is 1. The van der Waals surface area contributed by atoms with E-state index in [0.717, 1.165) is 11.1 Å². The predicted molar refractivity (Wildman–Crippen MR) is 190 cm³/mol. The van der Waals surface area contributed by atoms with Crippen LogP contribution in [-0.4, -0.2) is 75.7 Å². The number of alkyl carbamates (subject to hydrolysis) is 1. The van der Waals surface area contributed by atoms with Crippen molar-refractivity contribution in [3.8, 4) is 0 Å². The fourth-order valence-electron chi connectivity index (χ4n) is 5.06. The molecule has 0 unspecified atom stereocenters. The Labute approximate surface area is 296 Å². The van der Waals surface area contributed by atoms with Crippen molar-refractivity contribution >= 4 is 29.7 Å². The lowest BCUT2D eigenvalue weighted by molar-refractivity contribution is -0.133. The third-order valence-corrected chi connectivity index (χ3v) is 7.97. The van der Waals surface area contributed by atoms with Crippen molar-refractivity contribution in [3.05, 3.63) is 66.0 Å². The number of aliphatic hydroxyl groups excluding tert-OH is 1. The van der Waals surface area contributed by atoms with E-state index in [4.69, 9.17) is 4.74 Å². The number of hydrogen-bond acceptors (Lipinski definition) is 8. The van der Waals surface area contributed by atoms with E-state index >= 15 is 0 Å². The standard InChI is InChI=1S/C37H56N6O7/c1-22(2)30(34(47)39-21-27-15-17-38-18-16-27)42-32(45)24(5)19-29(44)28(20-26-13-11-10-12-14-26)41-33(46)25(6)40-35(48)31(23(3)4)43-36(49)50-37(7,8)9/h10-18,22-25,28-31,44H,19-21H2,1-9H3,(H,39,47)(H,40,48)(H,41,46)(H,42,45)(H,43,49)/t24-,25+,28+,29+,30+,31+/m1/s1. The van der Waals surface area contributed by atoms with E-state index in [1.807, 2.05) is 44.2 Å². The minimum absolute atomic E-state index is 0.0109. The molecule has 0 saturated carbocycles. The van der Waals surface area contributed by atoms with Gasteiger partial charge in [0.05, 0.1) is 12.1 Å². The summed E-state index contributed by atoms with van der Waals surface area (Å²) < 4.78 is 5.29. The van der Waals surface area contributed by atoms with Crippen molar-refractivity contribution in [3.63, 3.8) is 0 Å². The van der Waals surface area contributed by atoms with Crippen molar-refractivity contribution in [2.45, 2.75) is 118 Å². The number of carbonyl (C=O) groups excluding carboxylic acids is 5. The zero-order valence-electron chi connectivity index (χ0n) is 30.8. The van der Waals surface area contributed by atoms with Gasteiger partial charge in [-0.15, -0.1) is 0 Å². The molecule has 13 nitrogen and oxygen atoms in total. The molecule has 0 saturated heterocycles. The van der Waals surface area contributed by atoms with E-state index in [-0.39, 0.29) is 37.1 Å². The Bertz CT molecular complexity index is 1400. The van der Waals surface area contributed by atoms with E-state index in [0.29, 0.717) is 0 Å². The second-order valence-corrected chi connectivity index (χ2v) is 14.4. The number of pyridine rings is 1. The highest BCUT2D eigenvalue weighted by atomic mass is 16.6. The highest BCUT2D eigenvalue weighted by molar-refractivity contribution is 5.91. The van der Waals surface area contributed by atoms with Crippen molar-refractivity contribution in [2.75, 3.05) is 0 Å². The fraction of sp³-hybridized carbons (Fsp3) is 0.568. The Balaban J connectivity index is 2.10. The van der Waals surface area contributed by atoms with Crippen LogP contribution in [0.3, 0.4) is 0 Å². The molecule has 2 aromatic rings. The number of ether oxygens (including phenoxy) is 1. The molecule has 50 heavy (non-hydrogen) atoms. The maximum atomic E-state index is 13.4. The number of nitrogens with one attached hydrogen (secondary N) is 5. The quantitative estimate of drug-likeness (QED) is 0.146. The van der Waals surface area contributed by atoms with Gasteiger partial charge in [0, 0.05) is 24.9 Å². The third-order valence-electron chi connectivity index (χ3n) is 7.97. The minimum atomic E-state index is -1.15. The van der Waals surface area contributed by atoms with E-state index in [1.54, 1.807) is 66.1 Å². The maximum absolute atomic E-state index is 13.4. The minimum Gasteiger partial charge on any atom is -0.444 e. The number of amides is 5. The van der Waals surface area contributed by atoms with Crippen LogP contribution in [0.2, 0.25) is 0 Å². The van der Waals surface area contributed by atoms with Crippen molar-refractivity contribution in [2.24, 2.45) is 17.8 Å². The molecular weight excluding hydrogens is 640 g/mol. The van der Waals surface area contributed by atoms with Crippen LogP contribution in [0.1, 0.15) is 79.9 Å². The number of carbonyl (C=O) groups is 5. The van der Waals surface area contributed by atoms with Gasteiger partial charge in [0.15, 0.2) is 0 Å². The summed E-state index contributed by atoms with van der Waals surface area (Å²) in [5.41, 5.74) is 0.960. The molecule has 0 radical (unpaired) electrons. The van der Waals surface area contributed by atoms with Crippen LogP contribution >= 0.6 is 0 Å².